The highest BCUT2D eigenvalue weighted by molar-refractivity contribution is 5.87. The van der Waals surface area contributed by atoms with E-state index in [-0.39, 0.29) is 23.6 Å². The highest BCUT2D eigenvalue weighted by Crippen LogP contribution is 2.40. The lowest BCUT2D eigenvalue weighted by atomic mass is 9.90. The van der Waals surface area contributed by atoms with Crippen molar-refractivity contribution in [1.29, 1.82) is 0 Å². The molecule has 0 N–H and O–H groups in total. The fourth-order valence-electron chi connectivity index (χ4n) is 3.11. The molecule has 0 aromatic heterocycles. The van der Waals surface area contributed by atoms with Gasteiger partial charge in [0, 0.05) is 12.0 Å². The summed E-state index contributed by atoms with van der Waals surface area (Å²) < 4.78 is 83.4. The fourth-order valence-corrected chi connectivity index (χ4v) is 3.11. The Balaban J connectivity index is 2.42. The molecule has 1 aliphatic rings. The summed E-state index contributed by atoms with van der Waals surface area (Å²) in [6.07, 6.45) is -7.92. The summed E-state index contributed by atoms with van der Waals surface area (Å²) in [6, 6.07) is 1.46. The lowest BCUT2D eigenvalue weighted by Crippen LogP contribution is -2.35. The Hall–Kier alpha value is -1.99. The molecule has 1 aromatic rings. The second-order valence-corrected chi connectivity index (χ2v) is 6.65. The summed E-state index contributed by atoms with van der Waals surface area (Å²) in [6.45, 7) is 4.88. The van der Waals surface area contributed by atoms with Gasteiger partial charge in [-0.15, -0.1) is 0 Å². The lowest BCUT2D eigenvalue weighted by molar-refractivity contribution is -0.154. The van der Waals surface area contributed by atoms with Crippen LogP contribution in [0.2, 0.25) is 0 Å². The molecule has 144 valence electrons. The minimum atomic E-state index is -4.91. The van der Waals surface area contributed by atoms with Crippen LogP contribution >= 0.6 is 0 Å². The van der Waals surface area contributed by atoms with Crippen LogP contribution in [0.5, 0.6) is 0 Å². The maximum Gasteiger partial charge on any atom is 0.416 e. The second-order valence-electron chi connectivity index (χ2n) is 6.65. The molecule has 1 saturated carbocycles. The number of carbonyl (C=O) groups excluding carboxylic acids is 1. The summed E-state index contributed by atoms with van der Waals surface area (Å²) in [5, 5.41) is 0. The van der Waals surface area contributed by atoms with Crippen LogP contribution in [0.25, 0.3) is 0 Å². The molecule has 2 nitrogen and oxygen atoms in total. The van der Waals surface area contributed by atoms with Crippen molar-refractivity contribution in [3.8, 4) is 0 Å². The topological polar surface area (TPSA) is 26.3 Å². The van der Waals surface area contributed by atoms with Crippen molar-refractivity contribution in [1.82, 2.24) is 0 Å². The van der Waals surface area contributed by atoms with E-state index in [1.54, 1.807) is 0 Å². The molecule has 0 bridgehead atoms. The first kappa shape index (κ1) is 20.3. The van der Waals surface area contributed by atoms with Gasteiger partial charge in [-0.25, -0.2) is 4.79 Å². The largest absolute Gasteiger partial charge is 0.455 e. The van der Waals surface area contributed by atoms with Gasteiger partial charge >= 0.3 is 18.3 Å². The van der Waals surface area contributed by atoms with Gasteiger partial charge in [0.25, 0.3) is 0 Å². The van der Waals surface area contributed by atoms with Gasteiger partial charge in [-0.1, -0.05) is 6.58 Å². The molecular formula is C18H18F6O2. The second kappa shape index (κ2) is 6.96. The van der Waals surface area contributed by atoms with Gasteiger partial charge in [0.2, 0.25) is 0 Å². The van der Waals surface area contributed by atoms with Crippen molar-refractivity contribution in [2.45, 2.75) is 57.0 Å². The van der Waals surface area contributed by atoms with Gasteiger partial charge in [0.05, 0.1) is 11.1 Å². The van der Waals surface area contributed by atoms with Crippen LogP contribution in [-0.2, 0) is 28.3 Å². The minimum absolute atomic E-state index is 0.0880. The third-order valence-electron chi connectivity index (χ3n) is 4.35. The molecule has 26 heavy (non-hydrogen) atoms. The molecule has 1 fully saturated rings. The highest BCUT2D eigenvalue weighted by Gasteiger charge is 2.41. The van der Waals surface area contributed by atoms with E-state index >= 15 is 0 Å². The number of esters is 1. The molecule has 0 unspecified atom stereocenters. The summed E-state index contributed by atoms with van der Waals surface area (Å²) in [4.78, 5) is 11.9. The van der Waals surface area contributed by atoms with Gasteiger partial charge in [-0.05, 0) is 56.4 Å². The number of carbonyl (C=O) groups is 1. The number of benzene rings is 1. The minimum Gasteiger partial charge on any atom is -0.455 e. The van der Waals surface area contributed by atoms with Crippen LogP contribution in [0.15, 0.2) is 30.4 Å². The van der Waals surface area contributed by atoms with Crippen LogP contribution in [0.3, 0.4) is 0 Å². The summed E-state index contributed by atoms with van der Waals surface area (Å²) in [7, 11) is 0. The zero-order valence-electron chi connectivity index (χ0n) is 14.1. The quantitative estimate of drug-likeness (QED) is 0.381. The third kappa shape index (κ3) is 4.80. The first-order valence-corrected chi connectivity index (χ1v) is 8.00. The zero-order valence-corrected chi connectivity index (χ0v) is 14.1. The van der Waals surface area contributed by atoms with E-state index in [2.05, 4.69) is 6.58 Å². The van der Waals surface area contributed by atoms with Crippen LogP contribution < -0.4 is 0 Å². The van der Waals surface area contributed by atoms with Crippen molar-refractivity contribution in [3.63, 3.8) is 0 Å². The van der Waals surface area contributed by atoms with Crippen molar-refractivity contribution in [2.24, 2.45) is 0 Å². The molecule has 0 aliphatic heterocycles. The van der Waals surface area contributed by atoms with Crippen molar-refractivity contribution in [2.75, 3.05) is 0 Å². The lowest BCUT2D eigenvalue weighted by Gasteiger charge is -2.30. The Bertz CT molecular complexity index is 664. The van der Waals surface area contributed by atoms with Crippen LogP contribution in [0, 0.1) is 0 Å². The molecule has 0 atom stereocenters. The van der Waals surface area contributed by atoms with Gasteiger partial charge in [-0.2, -0.15) is 26.3 Å². The average Bonchev–Trinajstić information content (AvgIpc) is 2.93. The highest BCUT2D eigenvalue weighted by atomic mass is 19.4. The molecule has 0 radical (unpaired) electrons. The first-order valence-electron chi connectivity index (χ1n) is 8.00. The maximum atomic E-state index is 13.0. The molecule has 0 amide bonds. The van der Waals surface area contributed by atoms with E-state index in [0.29, 0.717) is 37.8 Å². The van der Waals surface area contributed by atoms with Crippen LogP contribution in [-0.4, -0.2) is 11.6 Å². The van der Waals surface area contributed by atoms with E-state index < -0.39 is 35.0 Å². The van der Waals surface area contributed by atoms with Gasteiger partial charge in [0.1, 0.15) is 5.60 Å². The van der Waals surface area contributed by atoms with Gasteiger partial charge < -0.3 is 4.74 Å². The van der Waals surface area contributed by atoms with Crippen LogP contribution in [0.4, 0.5) is 26.3 Å². The summed E-state index contributed by atoms with van der Waals surface area (Å²) >= 11 is 0. The Labute approximate surface area is 146 Å². The van der Waals surface area contributed by atoms with Crippen molar-refractivity contribution < 1.29 is 35.9 Å². The van der Waals surface area contributed by atoms with Crippen LogP contribution in [0.1, 0.15) is 49.3 Å². The third-order valence-corrected chi connectivity index (χ3v) is 4.35. The number of hydrogen-bond acceptors (Lipinski definition) is 2. The SMILES string of the molecule is C=C(C)C(=O)OC1(Cc2cc(C(F)(F)F)cc(C(F)(F)F)c2)CCCC1. The predicted octanol–water partition coefficient (Wildman–Crippen LogP) is 5.70. The van der Waals surface area contributed by atoms with E-state index in [1.807, 2.05) is 0 Å². The van der Waals surface area contributed by atoms with E-state index in [4.69, 9.17) is 4.74 Å². The fraction of sp³-hybridized carbons (Fsp3) is 0.500. The number of alkyl halides is 6. The van der Waals surface area contributed by atoms with Crippen molar-refractivity contribution >= 4 is 5.97 Å². The summed E-state index contributed by atoms with van der Waals surface area (Å²) in [5.74, 6) is -0.699. The molecule has 1 aliphatic carbocycles. The molecule has 1 aromatic carbocycles. The monoisotopic (exact) mass is 380 g/mol. The molecule has 8 heteroatoms. The number of rotatable bonds is 4. The number of ether oxygens (including phenoxy) is 1. The van der Waals surface area contributed by atoms with E-state index in [0.717, 1.165) is 0 Å². The predicted molar refractivity (Wildman–Crippen MR) is 82.3 cm³/mol. The molecule has 0 spiro atoms. The molecule has 0 saturated heterocycles. The van der Waals surface area contributed by atoms with E-state index in [9.17, 15) is 31.1 Å². The molecule has 0 heterocycles. The number of halogens is 6. The molecular weight excluding hydrogens is 362 g/mol. The Morgan fingerprint density at radius 3 is 1.88 bits per heavy atom. The Morgan fingerprint density at radius 2 is 1.50 bits per heavy atom. The number of hydrogen-bond donors (Lipinski definition) is 0. The average molecular weight is 380 g/mol. The van der Waals surface area contributed by atoms with Gasteiger partial charge in [-0.3, -0.25) is 0 Å². The smallest absolute Gasteiger partial charge is 0.416 e. The standard InChI is InChI=1S/C18H18F6O2/c1-11(2)15(25)26-16(5-3-4-6-16)10-12-7-13(17(19,20)21)9-14(8-12)18(22,23)24/h7-9H,1,3-6,10H2,2H3. The zero-order chi connectivity index (χ0) is 19.8. The Morgan fingerprint density at radius 1 is 1.04 bits per heavy atom. The van der Waals surface area contributed by atoms with E-state index in [1.165, 1.54) is 6.92 Å². The maximum absolute atomic E-state index is 13.0. The normalized spacial score (nSPS) is 17.2. The molecule has 2 rings (SSSR count). The Kier molecular flexibility index (Phi) is 5.44. The van der Waals surface area contributed by atoms with Crippen molar-refractivity contribution in [3.05, 3.63) is 47.0 Å². The first-order chi connectivity index (χ1) is 11.8. The summed E-state index contributed by atoms with van der Waals surface area (Å²) in [5.41, 5.74) is -3.90. The van der Waals surface area contributed by atoms with Gasteiger partial charge in [0.15, 0.2) is 0 Å².